The van der Waals surface area contributed by atoms with Gasteiger partial charge in [-0.1, -0.05) is 36.4 Å². The van der Waals surface area contributed by atoms with E-state index in [4.69, 9.17) is 11.5 Å². The Kier molecular flexibility index (Phi) is 17.0. The first-order chi connectivity index (χ1) is 28.0. The van der Waals surface area contributed by atoms with E-state index >= 15 is 0 Å². The van der Waals surface area contributed by atoms with Gasteiger partial charge in [-0.15, -0.1) is 0 Å². The van der Waals surface area contributed by atoms with Gasteiger partial charge in [0.1, 0.15) is 41.7 Å². The van der Waals surface area contributed by atoms with Gasteiger partial charge in [0.15, 0.2) is 0 Å². The molecular formula is C40H49IN8O10. The SMILES string of the molecule is C[C@@H](NC(=O)[C@@H](N)Cc1ccc(O)cc1)C(=O)N[C@@H](Cc1ccc([131I])cc1)C(=O)NCC(=O)N[C@@H](Cc1ccc(O)cc1)C(=O)N1CCC[C@H]1C(=O)N[C@@H](CO)C(N)=O. The Balaban J connectivity index is 1.44. The number of amides is 7. The molecule has 0 aliphatic carbocycles. The van der Waals surface area contributed by atoms with E-state index in [1.807, 2.05) is 12.1 Å². The molecule has 0 radical (unpaired) electrons. The van der Waals surface area contributed by atoms with E-state index in [-0.39, 0.29) is 43.7 Å². The molecule has 1 saturated heterocycles. The molecule has 3 aromatic rings. The van der Waals surface area contributed by atoms with Crippen LogP contribution in [0.25, 0.3) is 0 Å². The Bertz CT molecular complexity index is 1970. The zero-order valence-electron chi connectivity index (χ0n) is 32.2. The van der Waals surface area contributed by atoms with Gasteiger partial charge >= 0.3 is 0 Å². The summed E-state index contributed by atoms with van der Waals surface area (Å²) in [5.41, 5.74) is 13.3. The van der Waals surface area contributed by atoms with Crippen molar-refractivity contribution in [3.63, 3.8) is 0 Å². The third-order valence-corrected chi connectivity index (χ3v) is 10.3. The molecule has 4 rings (SSSR count). The number of benzene rings is 3. The maximum absolute atomic E-state index is 14.0. The van der Waals surface area contributed by atoms with E-state index in [1.54, 1.807) is 36.4 Å². The summed E-state index contributed by atoms with van der Waals surface area (Å²) in [7, 11) is 0. The van der Waals surface area contributed by atoms with E-state index < -0.39 is 90.8 Å². The molecule has 3 aromatic carbocycles. The predicted octanol–water partition coefficient (Wildman–Crippen LogP) is -1.40. The van der Waals surface area contributed by atoms with Crippen LogP contribution in [0.4, 0.5) is 0 Å². The molecule has 1 aliphatic rings. The van der Waals surface area contributed by atoms with Crippen molar-refractivity contribution < 1.29 is 48.9 Å². The van der Waals surface area contributed by atoms with E-state index in [0.717, 1.165) is 3.57 Å². The van der Waals surface area contributed by atoms with Crippen LogP contribution in [0, 0.1) is 3.57 Å². The number of rotatable bonds is 19. The fraction of sp³-hybridized carbons (Fsp3) is 0.375. The van der Waals surface area contributed by atoms with Crippen LogP contribution >= 0.6 is 22.6 Å². The molecule has 0 saturated carbocycles. The average Bonchev–Trinajstić information content (AvgIpc) is 3.71. The zero-order chi connectivity index (χ0) is 43.2. The van der Waals surface area contributed by atoms with E-state index in [0.29, 0.717) is 23.1 Å². The van der Waals surface area contributed by atoms with Gasteiger partial charge in [-0.3, -0.25) is 33.6 Å². The Hall–Kier alpha value is -5.80. The van der Waals surface area contributed by atoms with E-state index in [9.17, 15) is 48.9 Å². The van der Waals surface area contributed by atoms with E-state index in [2.05, 4.69) is 49.2 Å². The molecule has 0 unspecified atom stereocenters. The Morgan fingerprint density at radius 3 is 1.83 bits per heavy atom. The molecule has 59 heavy (non-hydrogen) atoms. The van der Waals surface area contributed by atoms with Gasteiger partial charge in [0.05, 0.1) is 19.2 Å². The Morgan fingerprint density at radius 2 is 1.27 bits per heavy atom. The van der Waals surface area contributed by atoms with Crippen molar-refractivity contribution in [1.82, 2.24) is 31.5 Å². The average molecular weight is 933 g/mol. The van der Waals surface area contributed by atoms with Gasteiger partial charge in [-0.25, -0.2) is 0 Å². The molecule has 6 atom stereocenters. The van der Waals surface area contributed by atoms with Gasteiger partial charge in [0.2, 0.25) is 41.4 Å². The first kappa shape index (κ1) is 45.9. The smallest absolute Gasteiger partial charge is 0.246 e. The normalized spacial score (nSPS) is 16.1. The molecule has 1 aliphatic heterocycles. The van der Waals surface area contributed by atoms with Gasteiger partial charge in [0, 0.05) is 23.0 Å². The molecule has 12 N–H and O–H groups in total. The summed E-state index contributed by atoms with van der Waals surface area (Å²) in [6, 6.07) is 12.3. The second-order valence-corrected chi connectivity index (χ2v) is 15.4. The number of aromatic hydroxyl groups is 2. The lowest BCUT2D eigenvalue weighted by Gasteiger charge is -2.29. The summed E-state index contributed by atoms with van der Waals surface area (Å²) in [4.78, 5) is 93.2. The summed E-state index contributed by atoms with van der Waals surface area (Å²) in [5, 5.41) is 41.5. The van der Waals surface area contributed by atoms with Gasteiger partial charge in [-0.2, -0.15) is 0 Å². The van der Waals surface area contributed by atoms with Crippen molar-refractivity contribution in [2.24, 2.45) is 11.5 Å². The minimum absolute atomic E-state index is 0.0183. The van der Waals surface area contributed by atoms with Crippen LogP contribution in [0.5, 0.6) is 11.5 Å². The minimum atomic E-state index is -1.36. The van der Waals surface area contributed by atoms with Crippen molar-refractivity contribution in [3.05, 3.63) is 93.1 Å². The van der Waals surface area contributed by atoms with Crippen LogP contribution in [0.15, 0.2) is 72.8 Å². The quantitative estimate of drug-likeness (QED) is 0.0624. The highest BCUT2D eigenvalue weighted by molar-refractivity contribution is 14.1. The maximum Gasteiger partial charge on any atom is 0.246 e. The number of nitrogens with zero attached hydrogens (tertiary/aromatic N) is 1. The molecule has 7 amide bonds. The topological polar surface area (TPSA) is 296 Å². The number of nitrogens with two attached hydrogens (primary N) is 2. The van der Waals surface area contributed by atoms with Crippen LogP contribution < -0.4 is 38.1 Å². The van der Waals surface area contributed by atoms with Crippen LogP contribution in [-0.2, 0) is 52.8 Å². The maximum atomic E-state index is 14.0. The van der Waals surface area contributed by atoms with Crippen LogP contribution in [0.2, 0.25) is 0 Å². The summed E-state index contributed by atoms with van der Waals surface area (Å²) < 4.78 is 0.935. The highest BCUT2D eigenvalue weighted by atomic mass is 131. The lowest BCUT2D eigenvalue weighted by atomic mass is 10.0. The number of hydrogen-bond donors (Lipinski definition) is 10. The molecule has 316 valence electrons. The summed E-state index contributed by atoms with van der Waals surface area (Å²) >= 11 is 2.12. The number of aliphatic hydroxyl groups is 1. The first-order valence-electron chi connectivity index (χ1n) is 18.8. The number of carbonyl (C=O) groups excluding carboxylic acids is 7. The summed E-state index contributed by atoms with van der Waals surface area (Å²) in [5.74, 6) is -5.08. The second kappa shape index (κ2) is 21.8. The molecule has 19 heteroatoms. The van der Waals surface area contributed by atoms with Crippen LogP contribution in [-0.4, -0.2) is 118 Å². The van der Waals surface area contributed by atoms with Crippen molar-refractivity contribution in [1.29, 1.82) is 0 Å². The molecule has 18 nitrogen and oxygen atoms in total. The Morgan fingerprint density at radius 1 is 0.729 bits per heavy atom. The number of halogens is 1. The number of phenolic OH excluding ortho intramolecular Hbond substituents is 2. The first-order valence-corrected chi connectivity index (χ1v) is 19.9. The summed E-state index contributed by atoms with van der Waals surface area (Å²) in [6.45, 7) is 0.224. The monoisotopic (exact) mass is 932 g/mol. The zero-order valence-corrected chi connectivity index (χ0v) is 34.4. The Labute approximate surface area is 354 Å². The lowest BCUT2D eigenvalue weighted by molar-refractivity contribution is -0.142. The lowest BCUT2D eigenvalue weighted by Crippen LogP contribution is -2.58. The van der Waals surface area contributed by atoms with Crippen molar-refractivity contribution in [2.45, 2.75) is 75.3 Å². The molecule has 1 fully saturated rings. The summed E-state index contributed by atoms with van der Waals surface area (Å²) in [6.07, 6.45) is 0.774. The van der Waals surface area contributed by atoms with Gasteiger partial charge in [0.25, 0.3) is 0 Å². The number of phenols is 2. The van der Waals surface area contributed by atoms with Gasteiger partial charge in [-0.05, 0) is 102 Å². The van der Waals surface area contributed by atoms with Crippen LogP contribution in [0.1, 0.15) is 36.5 Å². The predicted molar refractivity (Wildman–Crippen MR) is 222 cm³/mol. The van der Waals surface area contributed by atoms with Crippen molar-refractivity contribution >= 4 is 63.9 Å². The van der Waals surface area contributed by atoms with E-state index in [1.165, 1.54) is 36.1 Å². The fourth-order valence-corrected chi connectivity index (χ4v) is 6.67. The standard InChI is InChI=1S/C40H49IN8O10/c1-22(45-37(56)29(42)17-23-6-12-27(51)13-7-23)36(55)47-30(18-24-4-10-26(41)11-5-24)38(57)44-20-34(53)46-31(19-25-8-14-28(52)15-9-25)40(59)49-16-2-3-33(49)39(58)48-32(21-50)35(43)54/h4-15,22,29-33,50-52H,2-3,16-21,42H2,1H3,(H2,43,54)(H,44,57)(H,45,56)(H,46,53)(H,47,55)(H,48,58)/t22-,29+,30+,31+,32+,33+/m1/s1/i41+4. The fourth-order valence-electron chi connectivity index (χ4n) is 6.31. The molecule has 1 heterocycles. The largest absolute Gasteiger partial charge is 0.508 e. The van der Waals surface area contributed by atoms with Crippen LogP contribution in [0.3, 0.4) is 0 Å². The number of aliphatic hydroxyl groups excluding tert-OH is 1. The molecule has 0 aromatic heterocycles. The minimum Gasteiger partial charge on any atom is -0.508 e. The number of likely N-dealkylation sites (tertiary alicyclic amines) is 1. The number of nitrogens with one attached hydrogen (secondary N) is 5. The van der Waals surface area contributed by atoms with Crippen molar-refractivity contribution in [2.75, 3.05) is 19.7 Å². The number of carbonyl (C=O) groups is 7. The number of hydrogen-bond acceptors (Lipinski definition) is 11. The van der Waals surface area contributed by atoms with Crippen molar-refractivity contribution in [3.8, 4) is 11.5 Å². The highest BCUT2D eigenvalue weighted by Gasteiger charge is 2.39. The third kappa shape index (κ3) is 13.9. The second-order valence-electron chi connectivity index (χ2n) is 14.1. The van der Waals surface area contributed by atoms with Gasteiger partial charge < -0.3 is 58.3 Å². The molecule has 0 bridgehead atoms. The number of primary amides is 1. The molecular weight excluding hydrogens is 883 g/mol. The molecule has 0 spiro atoms. The third-order valence-electron chi connectivity index (χ3n) is 9.58. The highest BCUT2D eigenvalue weighted by Crippen LogP contribution is 2.21.